The number of hydrogen-bond acceptors (Lipinski definition) is 5. The third-order valence-corrected chi connectivity index (χ3v) is 4.92. The molecule has 0 saturated heterocycles. The van der Waals surface area contributed by atoms with E-state index in [4.69, 9.17) is 11.6 Å². The Kier molecular flexibility index (Phi) is 6.95. The molecule has 1 aromatic carbocycles. The number of halogens is 4. The number of carbonyl (C=O) groups excluding carboxylic acids is 1. The molecule has 2 N–H and O–H groups in total. The molecule has 0 spiro atoms. The fraction of sp³-hybridized carbons (Fsp3) is 0.238. The van der Waals surface area contributed by atoms with Crippen molar-refractivity contribution in [2.45, 2.75) is 25.0 Å². The fourth-order valence-corrected chi connectivity index (χ4v) is 2.99. The summed E-state index contributed by atoms with van der Waals surface area (Å²) in [4.78, 5) is 29.7. The Labute approximate surface area is 185 Å². The molecule has 2 aromatic heterocycles. The summed E-state index contributed by atoms with van der Waals surface area (Å²) in [6.07, 6.45) is -0.488. The molecule has 0 aliphatic heterocycles. The highest BCUT2D eigenvalue weighted by Crippen LogP contribution is 2.21. The van der Waals surface area contributed by atoms with Gasteiger partial charge in [-0.3, -0.25) is 14.6 Å². The molecule has 2 atom stereocenters. The van der Waals surface area contributed by atoms with Crippen molar-refractivity contribution in [1.82, 2.24) is 20.1 Å². The molecule has 0 saturated carbocycles. The third kappa shape index (κ3) is 4.97. The molecule has 168 valence electrons. The quantitative estimate of drug-likeness (QED) is 0.558. The van der Waals surface area contributed by atoms with E-state index in [0.717, 1.165) is 17.7 Å². The van der Waals surface area contributed by atoms with Crippen LogP contribution in [0.25, 0.3) is 16.9 Å². The minimum atomic E-state index is -3.29. The fourth-order valence-electron chi connectivity index (χ4n) is 2.86. The SMILES string of the molecule is CC(O)(CF)[C@H](NC(=O)c1cc(-c2ccc(Cl)cc2)nn(-c2cccnc2)c1=O)C(F)F. The largest absolute Gasteiger partial charge is 0.385 e. The van der Waals surface area contributed by atoms with Crippen LogP contribution < -0.4 is 10.9 Å². The van der Waals surface area contributed by atoms with Crippen LogP contribution >= 0.6 is 11.6 Å². The van der Waals surface area contributed by atoms with Gasteiger partial charge in [0.15, 0.2) is 0 Å². The topological polar surface area (TPSA) is 97.1 Å². The number of pyridine rings is 1. The smallest absolute Gasteiger partial charge is 0.284 e. The molecular weight excluding hydrogens is 449 g/mol. The van der Waals surface area contributed by atoms with Gasteiger partial charge >= 0.3 is 0 Å². The summed E-state index contributed by atoms with van der Waals surface area (Å²) in [6.45, 7) is -0.710. The van der Waals surface area contributed by atoms with E-state index in [1.54, 1.807) is 30.3 Å². The Morgan fingerprint density at radius 2 is 1.97 bits per heavy atom. The monoisotopic (exact) mass is 466 g/mol. The van der Waals surface area contributed by atoms with Crippen molar-refractivity contribution >= 4 is 17.5 Å². The molecule has 0 radical (unpaired) electrons. The number of amides is 1. The summed E-state index contributed by atoms with van der Waals surface area (Å²) in [7, 11) is 0. The van der Waals surface area contributed by atoms with E-state index < -0.39 is 41.8 Å². The van der Waals surface area contributed by atoms with Gasteiger partial charge in [-0.25, -0.2) is 13.2 Å². The number of nitrogens with one attached hydrogen (secondary N) is 1. The summed E-state index contributed by atoms with van der Waals surface area (Å²) in [5.41, 5.74) is -3.11. The number of benzene rings is 1. The van der Waals surface area contributed by atoms with Crippen LogP contribution in [0, 0.1) is 0 Å². The number of aromatic nitrogens is 3. The summed E-state index contributed by atoms with van der Waals surface area (Å²) in [5.74, 6) is -1.22. The van der Waals surface area contributed by atoms with E-state index in [2.05, 4.69) is 10.1 Å². The van der Waals surface area contributed by atoms with Crippen LogP contribution in [0.4, 0.5) is 13.2 Å². The van der Waals surface area contributed by atoms with Crippen LogP contribution in [0.5, 0.6) is 0 Å². The first-order valence-corrected chi connectivity index (χ1v) is 9.70. The lowest BCUT2D eigenvalue weighted by molar-refractivity contribution is -0.0567. The van der Waals surface area contributed by atoms with Crippen LogP contribution in [-0.4, -0.2) is 50.5 Å². The number of rotatable bonds is 7. The van der Waals surface area contributed by atoms with Crippen molar-refractivity contribution < 1.29 is 23.1 Å². The normalized spacial score (nSPS) is 14.1. The van der Waals surface area contributed by atoms with E-state index in [1.807, 2.05) is 5.32 Å². The Hall–Kier alpha value is -3.24. The van der Waals surface area contributed by atoms with Gasteiger partial charge in [-0.2, -0.15) is 9.78 Å². The van der Waals surface area contributed by atoms with E-state index in [1.165, 1.54) is 18.5 Å². The number of nitrogens with zero attached hydrogens (tertiary/aromatic N) is 3. The number of aliphatic hydroxyl groups is 1. The van der Waals surface area contributed by atoms with Crippen molar-refractivity contribution in [3.63, 3.8) is 0 Å². The summed E-state index contributed by atoms with van der Waals surface area (Å²) >= 11 is 5.90. The Morgan fingerprint density at radius 3 is 2.53 bits per heavy atom. The van der Waals surface area contributed by atoms with Gasteiger partial charge in [-0.15, -0.1) is 0 Å². The second-order valence-corrected chi connectivity index (χ2v) is 7.59. The van der Waals surface area contributed by atoms with Gasteiger partial charge in [-0.05, 0) is 37.3 Å². The molecule has 0 bridgehead atoms. The van der Waals surface area contributed by atoms with Gasteiger partial charge in [0.2, 0.25) is 0 Å². The van der Waals surface area contributed by atoms with Gasteiger partial charge in [0.05, 0.1) is 17.6 Å². The first-order chi connectivity index (χ1) is 15.1. The maximum atomic E-state index is 13.4. The molecule has 11 heteroatoms. The highest BCUT2D eigenvalue weighted by atomic mass is 35.5. The lowest BCUT2D eigenvalue weighted by Crippen LogP contribution is -2.57. The highest BCUT2D eigenvalue weighted by Gasteiger charge is 2.40. The zero-order chi connectivity index (χ0) is 23.5. The van der Waals surface area contributed by atoms with Gasteiger partial charge in [0.25, 0.3) is 17.9 Å². The third-order valence-electron chi connectivity index (χ3n) is 4.67. The minimum Gasteiger partial charge on any atom is -0.385 e. The predicted octanol–water partition coefficient (Wildman–Crippen LogP) is 3.03. The van der Waals surface area contributed by atoms with Crippen LogP contribution in [-0.2, 0) is 0 Å². The van der Waals surface area contributed by atoms with Crippen LogP contribution in [0.1, 0.15) is 17.3 Å². The molecule has 2 heterocycles. The predicted molar refractivity (Wildman–Crippen MR) is 112 cm³/mol. The molecule has 32 heavy (non-hydrogen) atoms. The molecule has 3 rings (SSSR count). The number of hydrogen-bond donors (Lipinski definition) is 2. The van der Waals surface area contributed by atoms with Crippen LogP contribution in [0.3, 0.4) is 0 Å². The molecule has 7 nitrogen and oxygen atoms in total. The average Bonchev–Trinajstić information content (AvgIpc) is 2.78. The van der Waals surface area contributed by atoms with E-state index in [9.17, 15) is 27.9 Å². The van der Waals surface area contributed by atoms with Gasteiger partial charge in [0.1, 0.15) is 23.9 Å². The van der Waals surface area contributed by atoms with Gasteiger partial charge < -0.3 is 10.4 Å². The van der Waals surface area contributed by atoms with Crippen LogP contribution in [0.2, 0.25) is 5.02 Å². The van der Waals surface area contributed by atoms with Crippen molar-refractivity contribution in [2.75, 3.05) is 6.67 Å². The van der Waals surface area contributed by atoms with E-state index in [0.29, 0.717) is 10.6 Å². The van der Waals surface area contributed by atoms with E-state index >= 15 is 0 Å². The summed E-state index contributed by atoms with van der Waals surface area (Å²) in [6, 6.07) is 8.28. The first-order valence-electron chi connectivity index (χ1n) is 9.32. The molecule has 1 unspecified atom stereocenters. The van der Waals surface area contributed by atoms with E-state index in [-0.39, 0.29) is 11.4 Å². The highest BCUT2D eigenvalue weighted by molar-refractivity contribution is 6.30. The van der Waals surface area contributed by atoms with Crippen molar-refractivity contribution in [3.05, 3.63) is 75.8 Å². The summed E-state index contributed by atoms with van der Waals surface area (Å²) in [5, 5.41) is 16.5. The molecule has 0 aliphatic rings. The maximum absolute atomic E-state index is 13.4. The van der Waals surface area contributed by atoms with Crippen molar-refractivity contribution in [1.29, 1.82) is 0 Å². The lowest BCUT2D eigenvalue weighted by Gasteiger charge is -2.30. The average molecular weight is 467 g/mol. The molecule has 0 aliphatic carbocycles. The lowest BCUT2D eigenvalue weighted by atomic mass is 9.98. The first kappa shape index (κ1) is 23.4. The van der Waals surface area contributed by atoms with Crippen LogP contribution in [0.15, 0.2) is 59.7 Å². The van der Waals surface area contributed by atoms with Crippen molar-refractivity contribution in [3.8, 4) is 16.9 Å². The summed E-state index contributed by atoms with van der Waals surface area (Å²) < 4.78 is 40.8. The maximum Gasteiger partial charge on any atom is 0.284 e. The standard InChI is InChI=1S/C21H18ClF3N4O3/c1-21(32,11-23)17(18(24)25)27-19(30)15-9-16(12-4-6-13(22)7-5-12)28-29(20(15)31)14-3-2-8-26-10-14/h2-10,17-18,32H,11H2,1H3,(H,27,30)/t17-,21?/m1/s1. The number of alkyl halides is 3. The number of carbonyl (C=O) groups is 1. The Morgan fingerprint density at radius 1 is 1.28 bits per heavy atom. The molecule has 3 aromatic rings. The molecular formula is C21H18ClF3N4O3. The Bertz CT molecular complexity index is 1160. The minimum absolute atomic E-state index is 0.168. The molecule has 0 fully saturated rings. The Balaban J connectivity index is 2.14. The zero-order valence-electron chi connectivity index (χ0n) is 16.7. The second kappa shape index (κ2) is 9.49. The van der Waals surface area contributed by atoms with Crippen molar-refractivity contribution in [2.24, 2.45) is 0 Å². The van der Waals surface area contributed by atoms with Gasteiger partial charge in [0, 0.05) is 16.8 Å². The zero-order valence-corrected chi connectivity index (χ0v) is 17.4. The van der Waals surface area contributed by atoms with Gasteiger partial charge in [-0.1, -0.05) is 23.7 Å². The molecule has 1 amide bonds. The second-order valence-electron chi connectivity index (χ2n) is 7.15.